The summed E-state index contributed by atoms with van der Waals surface area (Å²) >= 11 is 0. The van der Waals surface area contributed by atoms with Crippen LogP contribution >= 0.6 is 0 Å². The van der Waals surface area contributed by atoms with Crippen LogP contribution in [0.3, 0.4) is 0 Å². The molecule has 0 spiro atoms. The Morgan fingerprint density at radius 3 is 2.39 bits per heavy atom. The lowest BCUT2D eigenvalue weighted by Gasteiger charge is -2.34. The molecule has 18 heavy (non-hydrogen) atoms. The standard InChI is InChI=1S/C14H29N3O/c1-2-3-4-5-7-14(18)17-12-10-16(11-13-17)9-6-8-15/h2-13,15H2,1H3. The van der Waals surface area contributed by atoms with Crippen LogP contribution in [0.15, 0.2) is 0 Å². The van der Waals surface area contributed by atoms with Crippen molar-refractivity contribution in [3.05, 3.63) is 0 Å². The van der Waals surface area contributed by atoms with E-state index in [2.05, 4.69) is 11.8 Å². The van der Waals surface area contributed by atoms with Crippen LogP contribution in [0.25, 0.3) is 0 Å². The first-order valence-electron chi connectivity index (χ1n) is 7.48. The summed E-state index contributed by atoms with van der Waals surface area (Å²) in [6.07, 6.45) is 6.53. The van der Waals surface area contributed by atoms with Gasteiger partial charge in [-0.25, -0.2) is 0 Å². The van der Waals surface area contributed by atoms with Gasteiger partial charge in [0, 0.05) is 32.6 Å². The summed E-state index contributed by atoms with van der Waals surface area (Å²) in [6, 6.07) is 0. The van der Waals surface area contributed by atoms with Crippen molar-refractivity contribution in [2.75, 3.05) is 39.3 Å². The number of amides is 1. The smallest absolute Gasteiger partial charge is 0.222 e. The minimum absolute atomic E-state index is 0.351. The maximum absolute atomic E-state index is 12.0. The average molecular weight is 255 g/mol. The Kier molecular flexibility index (Phi) is 8.01. The first kappa shape index (κ1) is 15.4. The molecule has 1 fully saturated rings. The second-order valence-corrected chi connectivity index (χ2v) is 5.18. The van der Waals surface area contributed by atoms with E-state index < -0.39 is 0 Å². The van der Waals surface area contributed by atoms with Crippen molar-refractivity contribution >= 4 is 5.91 Å². The van der Waals surface area contributed by atoms with Gasteiger partial charge in [-0.1, -0.05) is 26.2 Å². The third-order valence-corrected chi connectivity index (χ3v) is 3.65. The number of carbonyl (C=O) groups is 1. The Morgan fingerprint density at radius 2 is 1.78 bits per heavy atom. The quantitative estimate of drug-likeness (QED) is 0.668. The molecule has 1 aliphatic rings. The van der Waals surface area contributed by atoms with Crippen molar-refractivity contribution in [2.24, 2.45) is 5.73 Å². The van der Waals surface area contributed by atoms with Gasteiger partial charge >= 0.3 is 0 Å². The highest BCUT2D eigenvalue weighted by Gasteiger charge is 2.19. The maximum Gasteiger partial charge on any atom is 0.222 e. The third-order valence-electron chi connectivity index (χ3n) is 3.65. The van der Waals surface area contributed by atoms with Gasteiger partial charge in [-0.05, 0) is 25.9 Å². The number of rotatable bonds is 8. The molecule has 4 heteroatoms. The summed E-state index contributed by atoms with van der Waals surface area (Å²) in [5.74, 6) is 0.351. The number of nitrogens with two attached hydrogens (primary N) is 1. The van der Waals surface area contributed by atoms with E-state index >= 15 is 0 Å². The fraction of sp³-hybridized carbons (Fsp3) is 0.929. The van der Waals surface area contributed by atoms with Crippen LogP contribution in [0.4, 0.5) is 0 Å². The van der Waals surface area contributed by atoms with Crippen LogP contribution in [0, 0.1) is 0 Å². The Hall–Kier alpha value is -0.610. The number of hydrogen-bond acceptors (Lipinski definition) is 3. The Balaban J connectivity index is 2.11. The zero-order chi connectivity index (χ0) is 13.2. The van der Waals surface area contributed by atoms with Crippen LogP contribution in [0.2, 0.25) is 0 Å². The molecule has 0 aromatic heterocycles. The summed E-state index contributed by atoms with van der Waals surface area (Å²) in [7, 11) is 0. The molecular weight excluding hydrogens is 226 g/mol. The first-order chi connectivity index (χ1) is 8.77. The number of hydrogen-bond donors (Lipinski definition) is 1. The molecule has 0 aromatic rings. The topological polar surface area (TPSA) is 49.6 Å². The zero-order valence-corrected chi connectivity index (χ0v) is 11.9. The largest absolute Gasteiger partial charge is 0.340 e. The van der Waals surface area contributed by atoms with E-state index in [1.165, 1.54) is 19.3 Å². The lowest BCUT2D eigenvalue weighted by Crippen LogP contribution is -2.49. The molecule has 0 aromatic carbocycles. The van der Waals surface area contributed by atoms with E-state index in [1.54, 1.807) is 0 Å². The van der Waals surface area contributed by atoms with Gasteiger partial charge in [0.1, 0.15) is 0 Å². The van der Waals surface area contributed by atoms with Crippen molar-refractivity contribution in [1.82, 2.24) is 9.80 Å². The van der Waals surface area contributed by atoms with E-state index in [0.29, 0.717) is 5.91 Å². The Labute approximate surface area is 111 Å². The Morgan fingerprint density at radius 1 is 1.06 bits per heavy atom. The second-order valence-electron chi connectivity index (χ2n) is 5.18. The number of carbonyl (C=O) groups excluding carboxylic acids is 1. The SMILES string of the molecule is CCCCCCC(=O)N1CCN(CCCN)CC1. The molecule has 0 saturated carbocycles. The summed E-state index contributed by atoms with van der Waals surface area (Å²) in [5, 5.41) is 0. The predicted molar refractivity (Wildman–Crippen MR) is 75.5 cm³/mol. The van der Waals surface area contributed by atoms with E-state index in [9.17, 15) is 4.79 Å². The van der Waals surface area contributed by atoms with Crippen molar-refractivity contribution in [1.29, 1.82) is 0 Å². The maximum atomic E-state index is 12.0. The fourth-order valence-corrected chi connectivity index (χ4v) is 2.40. The minimum atomic E-state index is 0.351. The van der Waals surface area contributed by atoms with Crippen LogP contribution in [0.5, 0.6) is 0 Å². The molecule has 4 nitrogen and oxygen atoms in total. The molecule has 2 N–H and O–H groups in total. The predicted octanol–water partition coefficient (Wildman–Crippen LogP) is 1.45. The van der Waals surface area contributed by atoms with Crippen LogP contribution in [-0.2, 0) is 4.79 Å². The normalized spacial score (nSPS) is 17.1. The molecule has 0 radical (unpaired) electrons. The molecule has 1 heterocycles. The van der Waals surface area contributed by atoms with Crippen molar-refractivity contribution in [2.45, 2.75) is 45.4 Å². The monoisotopic (exact) mass is 255 g/mol. The van der Waals surface area contributed by atoms with Crippen molar-refractivity contribution in [3.8, 4) is 0 Å². The van der Waals surface area contributed by atoms with Gasteiger partial charge in [0.15, 0.2) is 0 Å². The van der Waals surface area contributed by atoms with E-state index in [-0.39, 0.29) is 0 Å². The first-order valence-corrected chi connectivity index (χ1v) is 7.48. The number of piperazine rings is 1. The van der Waals surface area contributed by atoms with Gasteiger partial charge < -0.3 is 10.6 Å². The van der Waals surface area contributed by atoms with E-state index in [0.717, 1.165) is 58.5 Å². The van der Waals surface area contributed by atoms with Crippen LogP contribution in [0.1, 0.15) is 45.4 Å². The lowest BCUT2D eigenvalue weighted by molar-refractivity contribution is -0.133. The number of unbranched alkanes of at least 4 members (excludes halogenated alkanes) is 3. The summed E-state index contributed by atoms with van der Waals surface area (Å²) in [6.45, 7) is 7.86. The zero-order valence-electron chi connectivity index (χ0n) is 11.9. The Bertz CT molecular complexity index is 225. The minimum Gasteiger partial charge on any atom is -0.340 e. The molecule has 0 aliphatic carbocycles. The van der Waals surface area contributed by atoms with Crippen molar-refractivity contribution < 1.29 is 4.79 Å². The van der Waals surface area contributed by atoms with Gasteiger partial charge in [-0.15, -0.1) is 0 Å². The molecule has 0 unspecified atom stereocenters. The van der Waals surface area contributed by atoms with E-state index in [1.807, 2.05) is 4.90 Å². The molecule has 106 valence electrons. The highest BCUT2D eigenvalue weighted by molar-refractivity contribution is 5.76. The van der Waals surface area contributed by atoms with Gasteiger partial charge in [-0.2, -0.15) is 0 Å². The van der Waals surface area contributed by atoms with Gasteiger partial charge in [0.2, 0.25) is 5.91 Å². The fourth-order valence-electron chi connectivity index (χ4n) is 2.40. The summed E-state index contributed by atoms with van der Waals surface area (Å²) in [4.78, 5) is 16.4. The van der Waals surface area contributed by atoms with Gasteiger partial charge in [-0.3, -0.25) is 9.69 Å². The molecule has 0 bridgehead atoms. The van der Waals surface area contributed by atoms with E-state index in [4.69, 9.17) is 5.73 Å². The second kappa shape index (κ2) is 9.34. The highest BCUT2D eigenvalue weighted by atomic mass is 16.2. The lowest BCUT2D eigenvalue weighted by atomic mass is 10.1. The van der Waals surface area contributed by atoms with Crippen LogP contribution in [-0.4, -0.2) is 55.0 Å². The highest BCUT2D eigenvalue weighted by Crippen LogP contribution is 2.08. The molecule has 1 aliphatic heterocycles. The molecular formula is C14H29N3O. The summed E-state index contributed by atoms with van der Waals surface area (Å²) < 4.78 is 0. The number of nitrogens with zero attached hydrogens (tertiary/aromatic N) is 2. The van der Waals surface area contributed by atoms with Crippen molar-refractivity contribution in [3.63, 3.8) is 0 Å². The molecule has 0 atom stereocenters. The molecule has 1 amide bonds. The van der Waals surface area contributed by atoms with Gasteiger partial charge in [0.25, 0.3) is 0 Å². The molecule has 1 saturated heterocycles. The van der Waals surface area contributed by atoms with Crippen LogP contribution < -0.4 is 5.73 Å². The molecule has 1 rings (SSSR count). The third kappa shape index (κ3) is 5.83. The van der Waals surface area contributed by atoms with Gasteiger partial charge in [0.05, 0.1) is 0 Å². The average Bonchev–Trinajstić information content (AvgIpc) is 2.41. The summed E-state index contributed by atoms with van der Waals surface area (Å²) in [5.41, 5.74) is 5.51.